The van der Waals surface area contributed by atoms with Crippen LogP contribution >= 0.6 is 0 Å². The summed E-state index contributed by atoms with van der Waals surface area (Å²) < 4.78 is 0. The molecule has 0 amide bonds. The fraction of sp³-hybridized carbons (Fsp3) is 0.846. The van der Waals surface area contributed by atoms with Crippen molar-refractivity contribution in [3.05, 3.63) is 0 Å². The smallest absolute Gasteiger partial charge is 0.151 e. The van der Waals surface area contributed by atoms with Crippen LogP contribution in [-0.2, 0) is 4.79 Å². The molecule has 0 aliphatic heterocycles. The van der Waals surface area contributed by atoms with Gasteiger partial charge in [0.1, 0.15) is 5.60 Å². The fourth-order valence-electron chi connectivity index (χ4n) is 3.39. The molecule has 3 rings (SSSR count). The second-order valence-electron chi connectivity index (χ2n) is 6.12. The molecule has 16 heavy (non-hydrogen) atoms. The van der Waals surface area contributed by atoms with Crippen molar-refractivity contribution in [3.8, 4) is 0 Å². The monoisotopic (exact) mass is 223 g/mol. The van der Waals surface area contributed by atoms with Gasteiger partial charge in [-0.25, -0.2) is 0 Å². The van der Waals surface area contributed by atoms with Gasteiger partial charge < -0.3 is 5.11 Å². The molecule has 0 radical (unpaired) electrons. The molecular formula is C13H21NO2. The average molecular weight is 223 g/mol. The first-order valence-corrected chi connectivity index (χ1v) is 6.02. The Morgan fingerprint density at radius 3 is 2.56 bits per heavy atom. The van der Waals surface area contributed by atoms with Crippen molar-refractivity contribution < 1.29 is 9.90 Å². The number of nitrogens with zero attached hydrogens (tertiary/aromatic N) is 1. The molecule has 90 valence electrons. The summed E-state index contributed by atoms with van der Waals surface area (Å²) >= 11 is 0. The van der Waals surface area contributed by atoms with E-state index in [0.717, 1.165) is 18.6 Å². The van der Waals surface area contributed by atoms with E-state index < -0.39 is 5.60 Å². The third-order valence-electron chi connectivity index (χ3n) is 4.67. The van der Waals surface area contributed by atoms with Crippen LogP contribution < -0.4 is 0 Å². The minimum absolute atomic E-state index is 0.0572. The normalized spacial score (nSPS) is 42.9. The molecular weight excluding hydrogens is 202 g/mol. The fourth-order valence-corrected chi connectivity index (χ4v) is 3.39. The van der Waals surface area contributed by atoms with Gasteiger partial charge in [-0.1, -0.05) is 13.8 Å². The van der Waals surface area contributed by atoms with Gasteiger partial charge in [-0.2, -0.15) is 0 Å². The highest BCUT2D eigenvalue weighted by molar-refractivity contribution is 5.96. The highest BCUT2D eigenvalue weighted by Gasteiger charge is 2.61. The quantitative estimate of drug-likeness (QED) is 0.776. The predicted molar refractivity (Wildman–Crippen MR) is 63.6 cm³/mol. The SMILES string of the molecule is CC(=O)CN=C1CC2CC(C1(C)O)C2(C)C. The predicted octanol–water partition coefficient (Wildman–Crippen LogP) is 1.83. The first-order valence-electron chi connectivity index (χ1n) is 6.02. The van der Waals surface area contributed by atoms with Crippen molar-refractivity contribution in [2.75, 3.05) is 6.54 Å². The average Bonchev–Trinajstić information content (AvgIpc) is 2.13. The molecule has 3 atom stereocenters. The lowest BCUT2D eigenvalue weighted by Gasteiger charge is -2.62. The van der Waals surface area contributed by atoms with E-state index in [2.05, 4.69) is 18.8 Å². The Morgan fingerprint density at radius 1 is 1.50 bits per heavy atom. The van der Waals surface area contributed by atoms with Crippen LogP contribution in [-0.4, -0.2) is 28.7 Å². The van der Waals surface area contributed by atoms with Gasteiger partial charge in [0.05, 0.1) is 6.54 Å². The maximum atomic E-state index is 10.9. The van der Waals surface area contributed by atoms with Gasteiger partial charge in [0.15, 0.2) is 5.78 Å². The molecule has 0 heterocycles. The second-order valence-corrected chi connectivity index (χ2v) is 6.12. The summed E-state index contributed by atoms with van der Waals surface area (Å²) in [6.45, 7) is 8.05. The Balaban J connectivity index is 2.21. The van der Waals surface area contributed by atoms with Crippen LogP contribution in [0.15, 0.2) is 4.99 Å². The van der Waals surface area contributed by atoms with Crippen molar-refractivity contribution in [3.63, 3.8) is 0 Å². The molecule has 3 aliphatic carbocycles. The van der Waals surface area contributed by atoms with Crippen LogP contribution in [0.2, 0.25) is 0 Å². The number of hydrogen-bond acceptors (Lipinski definition) is 3. The molecule has 0 aromatic carbocycles. The number of rotatable bonds is 2. The van der Waals surface area contributed by atoms with Gasteiger partial charge in [-0.15, -0.1) is 0 Å². The molecule has 3 saturated carbocycles. The van der Waals surface area contributed by atoms with Gasteiger partial charge in [0.25, 0.3) is 0 Å². The lowest BCUT2D eigenvalue weighted by atomic mass is 9.44. The minimum atomic E-state index is -0.812. The van der Waals surface area contributed by atoms with Crippen molar-refractivity contribution >= 4 is 11.5 Å². The van der Waals surface area contributed by atoms with E-state index in [-0.39, 0.29) is 17.7 Å². The number of aliphatic imine (C=N–C) groups is 1. The highest BCUT2D eigenvalue weighted by atomic mass is 16.3. The third-order valence-corrected chi connectivity index (χ3v) is 4.67. The summed E-state index contributed by atoms with van der Waals surface area (Å²) in [5, 5.41) is 10.5. The van der Waals surface area contributed by atoms with Crippen LogP contribution in [0.5, 0.6) is 0 Å². The summed E-state index contributed by atoms with van der Waals surface area (Å²) in [6.07, 6.45) is 1.95. The van der Waals surface area contributed by atoms with Crippen LogP contribution in [0.3, 0.4) is 0 Å². The minimum Gasteiger partial charge on any atom is -0.384 e. The molecule has 3 unspecified atom stereocenters. The van der Waals surface area contributed by atoms with Crippen LogP contribution in [0.25, 0.3) is 0 Å². The lowest BCUT2D eigenvalue weighted by Crippen LogP contribution is -2.64. The van der Waals surface area contributed by atoms with Crippen molar-refractivity contribution in [2.45, 2.75) is 46.1 Å². The zero-order valence-corrected chi connectivity index (χ0v) is 10.6. The number of carbonyl (C=O) groups is 1. The van der Waals surface area contributed by atoms with E-state index in [1.165, 1.54) is 6.92 Å². The van der Waals surface area contributed by atoms with E-state index in [4.69, 9.17) is 0 Å². The molecule has 3 heteroatoms. The summed E-state index contributed by atoms with van der Waals surface area (Å²) in [4.78, 5) is 15.2. The first kappa shape index (κ1) is 11.8. The summed E-state index contributed by atoms with van der Waals surface area (Å²) in [7, 11) is 0. The molecule has 1 N–H and O–H groups in total. The lowest BCUT2D eigenvalue weighted by molar-refractivity contribution is -0.134. The third kappa shape index (κ3) is 1.53. The van der Waals surface area contributed by atoms with Gasteiger partial charge in [0, 0.05) is 5.71 Å². The number of fused-ring (bicyclic) bond motifs is 2. The largest absolute Gasteiger partial charge is 0.384 e. The summed E-state index contributed by atoms with van der Waals surface area (Å²) in [5.74, 6) is 0.981. The van der Waals surface area contributed by atoms with Gasteiger partial charge >= 0.3 is 0 Å². The summed E-state index contributed by atoms with van der Waals surface area (Å²) in [6, 6.07) is 0. The number of Topliss-reactive ketones (excluding diaryl/α,β-unsaturated/α-hetero) is 1. The molecule has 3 aliphatic rings. The van der Waals surface area contributed by atoms with Crippen LogP contribution in [0.4, 0.5) is 0 Å². The second kappa shape index (κ2) is 3.39. The maximum absolute atomic E-state index is 10.9. The first-order chi connectivity index (χ1) is 7.26. The molecule has 3 nitrogen and oxygen atoms in total. The van der Waals surface area contributed by atoms with E-state index in [9.17, 15) is 9.90 Å². The number of aliphatic hydroxyl groups is 1. The van der Waals surface area contributed by atoms with Gasteiger partial charge in [-0.3, -0.25) is 9.79 Å². The maximum Gasteiger partial charge on any atom is 0.151 e. The van der Waals surface area contributed by atoms with E-state index in [0.29, 0.717) is 11.8 Å². The topological polar surface area (TPSA) is 49.7 Å². The molecule has 0 aromatic heterocycles. The van der Waals surface area contributed by atoms with Crippen molar-refractivity contribution in [1.82, 2.24) is 0 Å². The Kier molecular flexibility index (Phi) is 2.50. The van der Waals surface area contributed by atoms with Crippen molar-refractivity contribution in [2.24, 2.45) is 22.2 Å². The number of ketones is 1. The summed E-state index contributed by atoms with van der Waals surface area (Å²) in [5.41, 5.74) is 0.246. The molecule has 0 aromatic rings. The highest BCUT2D eigenvalue weighted by Crippen LogP contribution is 2.61. The van der Waals surface area contributed by atoms with E-state index in [1.54, 1.807) is 0 Å². The Hall–Kier alpha value is -0.700. The zero-order chi connectivity index (χ0) is 12.1. The Labute approximate surface area is 97.0 Å². The Bertz CT molecular complexity index is 355. The molecule has 2 bridgehead atoms. The molecule has 3 fully saturated rings. The van der Waals surface area contributed by atoms with Gasteiger partial charge in [-0.05, 0) is 43.9 Å². The number of hydrogen-bond donors (Lipinski definition) is 1. The zero-order valence-electron chi connectivity index (χ0n) is 10.6. The van der Waals surface area contributed by atoms with Crippen LogP contribution in [0, 0.1) is 17.3 Å². The van der Waals surface area contributed by atoms with Gasteiger partial charge in [0.2, 0.25) is 0 Å². The standard InChI is InChI=1S/C13H21NO2/c1-8(15)7-14-11-6-9-5-10(12(9,2)3)13(11,4)16/h9-10,16H,5-7H2,1-4H3. The van der Waals surface area contributed by atoms with Crippen LogP contribution in [0.1, 0.15) is 40.5 Å². The van der Waals surface area contributed by atoms with Crippen molar-refractivity contribution in [1.29, 1.82) is 0 Å². The Morgan fingerprint density at radius 2 is 2.12 bits per heavy atom. The molecule has 0 saturated heterocycles. The number of carbonyl (C=O) groups excluding carboxylic acids is 1. The van der Waals surface area contributed by atoms with E-state index in [1.807, 2.05) is 6.92 Å². The van der Waals surface area contributed by atoms with E-state index >= 15 is 0 Å². The molecule has 0 spiro atoms.